The van der Waals surface area contributed by atoms with Crippen molar-refractivity contribution in [1.82, 2.24) is 4.90 Å². The highest BCUT2D eigenvalue weighted by Crippen LogP contribution is 2.20. The van der Waals surface area contributed by atoms with E-state index in [1.54, 1.807) is 0 Å². The molecule has 6 heteroatoms. The number of carbonyl (C=O) groups excluding carboxylic acids is 1. The molecule has 0 saturated carbocycles. The number of hydrogen-bond donors (Lipinski definition) is 0. The van der Waals surface area contributed by atoms with E-state index in [0.29, 0.717) is 13.0 Å². The average Bonchev–Trinajstić information content (AvgIpc) is 2.33. The molecule has 76 valence electrons. The smallest absolute Gasteiger partial charge is 0.401 e. The first-order valence-electron chi connectivity index (χ1n) is 3.89. The van der Waals surface area contributed by atoms with Crippen LogP contribution in [0.5, 0.6) is 0 Å². The summed E-state index contributed by atoms with van der Waals surface area (Å²) in [6.45, 7) is -0.135. The van der Waals surface area contributed by atoms with E-state index in [4.69, 9.17) is 0 Å². The molecule has 0 aromatic heterocycles. The summed E-state index contributed by atoms with van der Waals surface area (Å²) in [6, 6.07) is 0. The molecule has 1 atom stereocenters. The average molecular weight is 197 g/mol. The van der Waals surface area contributed by atoms with Crippen molar-refractivity contribution in [3.63, 3.8) is 0 Å². The van der Waals surface area contributed by atoms with Crippen LogP contribution in [0.1, 0.15) is 6.42 Å². The van der Waals surface area contributed by atoms with Crippen LogP contribution in [0.3, 0.4) is 0 Å². The van der Waals surface area contributed by atoms with Gasteiger partial charge in [0.1, 0.15) is 6.10 Å². The van der Waals surface area contributed by atoms with Crippen LogP contribution >= 0.6 is 0 Å². The molecule has 0 spiro atoms. The lowest BCUT2D eigenvalue weighted by atomic mass is 10.3. The largest absolute Gasteiger partial charge is 0.463 e. The van der Waals surface area contributed by atoms with E-state index < -0.39 is 12.7 Å². The molecule has 3 nitrogen and oxygen atoms in total. The van der Waals surface area contributed by atoms with E-state index in [-0.39, 0.29) is 19.1 Å². The summed E-state index contributed by atoms with van der Waals surface area (Å²) in [5.41, 5.74) is 0. The van der Waals surface area contributed by atoms with Gasteiger partial charge in [0.05, 0.1) is 6.54 Å². The molecule has 1 heterocycles. The van der Waals surface area contributed by atoms with Crippen LogP contribution in [-0.4, -0.2) is 43.3 Å². The molecule has 0 aromatic rings. The van der Waals surface area contributed by atoms with E-state index in [1.807, 2.05) is 0 Å². The maximum Gasteiger partial charge on any atom is 0.401 e. The highest BCUT2D eigenvalue weighted by molar-refractivity contribution is 5.37. The Labute approximate surface area is 73.5 Å². The first-order chi connectivity index (χ1) is 6.01. The molecule has 1 aliphatic heterocycles. The maximum atomic E-state index is 11.9. The fourth-order valence-electron chi connectivity index (χ4n) is 1.38. The molecule has 1 fully saturated rings. The van der Waals surface area contributed by atoms with E-state index in [0.717, 1.165) is 0 Å². The van der Waals surface area contributed by atoms with Crippen LogP contribution in [0.4, 0.5) is 13.2 Å². The van der Waals surface area contributed by atoms with Crippen molar-refractivity contribution in [1.29, 1.82) is 0 Å². The van der Waals surface area contributed by atoms with Gasteiger partial charge in [-0.25, -0.2) is 0 Å². The SMILES string of the molecule is O=COC1CCN(CC(F)(F)F)C1. The molecule has 1 aliphatic rings. The Hall–Kier alpha value is -0.780. The number of ether oxygens (including phenoxy) is 1. The third-order valence-electron chi connectivity index (χ3n) is 1.88. The van der Waals surface area contributed by atoms with Crippen LogP contribution < -0.4 is 0 Å². The normalized spacial score (nSPS) is 24.7. The van der Waals surface area contributed by atoms with E-state index in [2.05, 4.69) is 4.74 Å². The number of likely N-dealkylation sites (tertiary alicyclic amines) is 1. The van der Waals surface area contributed by atoms with Gasteiger partial charge in [-0.15, -0.1) is 0 Å². The minimum atomic E-state index is -4.17. The molecule has 0 bridgehead atoms. The van der Waals surface area contributed by atoms with Gasteiger partial charge in [0.2, 0.25) is 0 Å². The van der Waals surface area contributed by atoms with Gasteiger partial charge < -0.3 is 4.74 Å². The fraction of sp³-hybridized carbons (Fsp3) is 0.857. The Balaban J connectivity index is 2.29. The summed E-state index contributed by atoms with van der Waals surface area (Å²) < 4.78 is 40.2. The van der Waals surface area contributed by atoms with Gasteiger partial charge >= 0.3 is 6.18 Å². The zero-order chi connectivity index (χ0) is 9.90. The lowest BCUT2D eigenvalue weighted by Gasteiger charge is -2.16. The van der Waals surface area contributed by atoms with Crippen molar-refractivity contribution < 1.29 is 22.7 Å². The van der Waals surface area contributed by atoms with Crippen LogP contribution in [0.25, 0.3) is 0 Å². The van der Waals surface area contributed by atoms with Gasteiger partial charge in [0.25, 0.3) is 6.47 Å². The Kier molecular flexibility index (Phi) is 3.13. The summed E-state index contributed by atoms with van der Waals surface area (Å²) in [5, 5.41) is 0. The second kappa shape index (κ2) is 3.95. The quantitative estimate of drug-likeness (QED) is 0.626. The molecule has 0 aliphatic carbocycles. The van der Waals surface area contributed by atoms with Crippen LogP contribution in [-0.2, 0) is 9.53 Å². The minimum absolute atomic E-state index is 0.179. The Morgan fingerprint density at radius 3 is 2.77 bits per heavy atom. The predicted octanol–water partition coefficient (Wildman–Crippen LogP) is 0.796. The third kappa shape index (κ3) is 3.63. The van der Waals surface area contributed by atoms with Gasteiger partial charge in [-0.3, -0.25) is 9.69 Å². The first kappa shape index (κ1) is 10.3. The Bertz CT molecular complexity index is 183. The van der Waals surface area contributed by atoms with Gasteiger partial charge in [0.15, 0.2) is 0 Å². The summed E-state index contributed by atoms with van der Waals surface area (Å²) in [6.07, 6.45) is -4.06. The maximum absolute atomic E-state index is 11.9. The lowest BCUT2D eigenvalue weighted by Crippen LogP contribution is -2.33. The molecular weight excluding hydrogens is 187 g/mol. The molecule has 0 amide bonds. The van der Waals surface area contributed by atoms with E-state index >= 15 is 0 Å². The Morgan fingerprint density at radius 1 is 1.54 bits per heavy atom. The van der Waals surface area contributed by atoms with Crippen molar-refractivity contribution in [3.8, 4) is 0 Å². The highest BCUT2D eigenvalue weighted by atomic mass is 19.4. The van der Waals surface area contributed by atoms with Crippen LogP contribution in [0, 0.1) is 0 Å². The number of carbonyl (C=O) groups is 1. The monoisotopic (exact) mass is 197 g/mol. The Morgan fingerprint density at radius 2 is 2.23 bits per heavy atom. The molecule has 0 aromatic carbocycles. The van der Waals surface area contributed by atoms with Crippen LogP contribution in [0.15, 0.2) is 0 Å². The topological polar surface area (TPSA) is 29.5 Å². The second-order valence-electron chi connectivity index (χ2n) is 2.99. The van der Waals surface area contributed by atoms with Gasteiger partial charge in [-0.2, -0.15) is 13.2 Å². The number of nitrogens with zero attached hydrogens (tertiary/aromatic N) is 1. The number of alkyl halides is 3. The zero-order valence-corrected chi connectivity index (χ0v) is 6.88. The molecule has 13 heavy (non-hydrogen) atoms. The fourth-order valence-corrected chi connectivity index (χ4v) is 1.38. The highest BCUT2D eigenvalue weighted by Gasteiger charge is 2.34. The van der Waals surface area contributed by atoms with Crippen molar-refractivity contribution >= 4 is 6.47 Å². The second-order valence-corrected chi connectivity index (χ2v) is 2.99. The predicted molar refractivity (Wildman–Crippen MR) is 38.0 cm³/mol. The minimum Gasteiger partial charge on any atom is -0.463 e. The van der Waals surface area contributed by atoms with Crippen LogP contribution in [0.2, 0.25) is 0 Å². The van der Waals surface area contributed by atoms with Crippen molar-refractivity contribution in [2.75, 3.05) is 19.6 Å². The molecule has 0 N–H and O–H groups in total. The lowest BCUT2D eigenvalue weighted by molar-refractivity contribution is -0.145. The number of hydrogen-bond acceptors (Lipinski definition) is 3. The summed E-state index contributed by atoms with van der Waals surface area (Å²) >= 11 is 0. The van der Waals surface area contributed by atoms with Crippen molar-refractivity contribution in [3.05, 3.63) is 0 Å². The standard InChI is InChI=1S/C7H10F3NO2/c8-7(9,10)4-11-2-1-6(3-11)13-5-12/h5-6H,1-4H2. The van der Waals surface area contributed by atoms with E-state index in [1.165, 1.54) is 4.90 Å². The van der Waals surface area contributed by atoms with Crippen molar-refractivity contribution in [2.45, 2.75) is 18.7 Å². The molecule has 0 radical (unpaired) electrons. The first-order valence-corrected chi connectivity index (χ1v) is 3.89. The zero-order valence-electron chi connectivity index (χ0n) is 6.88. The molecule has 1 unspecified atom stereocenters. The van der Waals surface area contributed by atoms with E-state index in [9.17, 15) is 18.0 Å². The number of halogens is 3. The number of rotatable bonds is 3. The molecule has 1 saturated heterocycles. The van der Waals surface area contributed by atoms with Gasteiger partial charge in [-0.05, 0) is 6.42 Å². The van der Waals surface area contributed by atoms with Gasteiger partial charge in [0, 0.05) is 13.1 Å². The molecule has 1 rings (SSSR count). The third-order valence-corrected chi connectivity index (χ3v) is 1.88. The summed E-state index contributed by atoms with van der Waals surface area (Å²) in [5.74, 6) is 0. The molecular formula is C7H10F3NO2. The summed E-state index contributed by atoms with van der Waals surface area (Å²) in [7, 11) is 0. The summed E-state index contributed by atoms with van der Waals surface area (Å²) in [4.78, 5) is 11.1. The van der Waals surface area contributed by atoms with Gasteiger partial charge in [-0.1, -0.05) is 0 Å². The van der Waals surface area contributed by atoms with Crippen molar-refractivity contribution in [2.24, 2.45) is 0 Å².